The standard InChI is InChI=1S/C50H36N4O/c1-53-46-29-27-36(31-47(46)54(2)49(53)55)33-22-24-34(25-23-33)44-32-45(52-48(51-44)35-14-6-3-7-15-35)37-26-28-41-40-20-12-13-21-42(40)50(43(41)30-37,38-16-8-4-9-17-38)39-18-10-5-11-19-39/h3-32H,1-2H3/i1D3,2D3. The molecule has 262 valence electrons. The summed E-state index contributed by atoms with van der Waals surface area (Å²) >= 11 is 0. The molecule has 2 aromatic heterocycles. The summed E-state index contributed by atoms with van der Waals surface area (Å²) < 4.78 is 48.9. The molecular weight excluding hydrogens is 673 g/mol. The van der Waals surface area contributed by atoms with Crippen molar-refractivity contribution in [1.82, 2.24) is 19.1 Å². The van der Waals surface area contributed by atoms with E-state index in [1.807, 2.05) is 60.7 Å². The highest BCUT2D eigenvalue weighted by Gasteiger charge is 2.46. The molecule has 5 heteroatoms. The smallest absolute Gasteiger partial charge is 0.295 e. The third kappa shape index (κ3) is 5.12. The van der Waals surface area contributed by atoms with Crippen LogP contribution in [-0.2, 0) is 19.4 Å². The SMILES string of the molecule is [2H]C([2H])([2H])n1c(=O)n(C([2H])([2H])[2H])c2cc(-c3ccc(-c4cc(-c5ccc6c(c5)C(c5ccccc5)(c5ccccc5)c5ccccc5-6)nc(-c5ccccc5)n4)cc3)ccc21. The fraction of sp³-hybridized carbons (Fsp3) is 0.0600. The van der Waals surface area contributed by atoms with Crippen molar-refractivity contribution < 1.29 is 8.22 Å². The highest BCUT2D eigenvalue weighted by molar-refractivity contribution is 5.89. The molecule has 2 heterocycles. The van der Waals surface area contributed by atoms with Crippen molar-refractivity contribution in [2.24, 2.45) is 14.0 Å². The summed E-state index contributed by atoms with van der Waals surface area (Å²) in [5.74, 6) is 0.574. The molecule has 0 saturated heterocycles. The van der Waals surface area contributed by atoms with Gasteiger partial charge in [0.1, 0.15) is 0 Å². The number of aryl methyl sites for hydroxylation is 2. The van der Waals surface area contributed by atoms with Gasteiger partial charge in [0.15, 0.2) is 5.82 Å². The van der Waals surface area contributed by atoms with Gasteiger partial charge in [-0.25, -0.2) is 14.8 Å². The van der Waals surface area contributed by atoms with Gasteiger partial charge in [0, 0.05) is 38.9 Å². The summed E-state index contributed by atoms with van der Waals surface area (Å²) in [6.45, 7) is -5.75. The van der Waals surface area contributed by atoms with Crippen molar-refractivity contribution in [2.75, 3.05) is 0 Å². The topological polar surface area (TPSA) is 52.7 Å². The van der Waals surface area contributed by atoms with Crippen LogP contribution in [-0.4, -0.2) is 19.1 Å². The molecule has 9 aromatic rings. The van der Waals surface area contributed by atoms with Crippen molar-refractivity contribution in [2.45, 2.75) is 5.41 Å². The Morgan fingerprint density at radius 3 is 1.69 bits per heavy atom. The second-order valence-electron chi connectivity index (χ2n) is 13.9. The van der Waals surface area contributed by atoms with Gasteiger partial charge in [-0.15, -0.1) is 0 Å². The number of hydrogen-bond donors (Lipinski definition) is 0. The summed E-state index contributed by atoms with van der Waals surface area (Å²) in [5, 5.41) is 0. The molecule has 0 saturated carbocycles. The Hall–Kier alpha value is -7.11. The number of fused-ring (bicyclic) bond motifs is 4. The lowest BCUT2D eigenvalue weighted by atomic mass is 9.67. The number of imidazole rings is 1. The van der Waals surface area contributed by atoms with Crippen LogP contribution in [0.4, 0.5) is 0 Å². The number of nitrogens with zero attached hydrogens (tertiary/aromatic N) is 4. The van der Waals surface area contributed by atoms with Gasteiger partial charge in [-0.3, -0.25) is 9.13 Å². The Kier molecular flexibility index (Phi) is 6.19. The van der Waals surface area contributed by atoms with E-state index in [0.29, 0.717) is 26.2 Å². The van der Waals surface area contributed by atoms with Crippen LogP contribution < -0.4 is 5.69 Å². The third-order valence-electron chi connectivity index (χ3n) is 10.9. The van der Waals surface area contributed by atoms with Crippen molar-refractivity contribution in [3.05, 3.63) is 215 Å². The normalized spacial score (nSPS) is 14.8. The van der Waals surface area contributed by atoms with Gasteiger partial charge in [-0.05, 0) is 68.8 Å². The zero-order valence-corrected chi connectivity index (χ0v) is 29.5. The molecule has 0 amide bonds. The first-order chi connectivity index (χ1) is 29.4. The first-order valence-corrected chi connectivity index (χ1v) is 18.1. The molecule has 55 heavy (non-hydrogen) atoms. The zero-order valence-electron chi connectivity index (χ0n) is 35.5. The van der Waals surface area contributed by atoms with Gasteiger partial charge in [0.2, 0.25) is 0 Å². The van der Waals surface area contributed by atoms with Gasteiger partial charge in [-0.2, -0.15) is 0 Å². The van der Waals surface area contributed by atoms with E-state index in [2.05, 4.69) is 103 Å². The van der Waals surface area contributed by atoms with Gasteiger partial charge < -0.3 is 0 Å². The maximum atomic E-state index is 13.2. The lowest BCUT2D eigenvalue weighted by Gasteiger charge is -2.34. The van der Waals surface area contributed by atoms with Gasteiger partial charge in [0.25, 0.3) is 0 Å². The zero-order chi connectivity index (χ0) is 42.1. The van der Waals surface area contributed by atoms with Crippen LogP contribution in [0.25, 0.3) is 67.2 Å². The fourth-order valence-electron chi connectivity index (χ4n) is 8.27. The molecule has 7 aromatic carbocycles. The lowest BCUT2D eigenvalue weighted by Crippen LogP contribution is -2.28. The predicted octanol–water partition coefficient (Wildman–Crippen LogP) is 10.7. The quantitative estimate of drug-likeness (QED) is 0.172. The monoisotopic (exact) mass is 714 g/mol. The highest BCUT2D eigenvalue weighted by Crippen LogP contribution is 2.56. The molecule has 10 rings (SSSR count). The summed E-state index contributed by atoms with van der Waals surface area (Å²) in [6, 6.07) is 61.0. The molecule has 0 unspecified atom stereocenters. The summed E-state index contributed by atoms with van der Waals surface area (Å²) in [5.41, 5.74) is 10.9. The van der Waals surface area contributed by atoms with E-state index in [9.17, 15) is 4.79 Å². The van der Waals surface area contributed by atoms with Gasteiger partial charge in [-0.1, -0.05) is 158 Å². The van der Waals surface area contributed by atoms with E-state index in [-0.39, 0.29) is 11.0 Å². The Morgan fingerprint density at radius 1 is 0.455 bits per heavy atom. The average Bonchev–Trinajstić information content (AvgIpc) is 3.76. The fourth-order valence-corrected chi connectivity index (χ4v) is 8.27. The molecule has 0 aliphatic heterocycles. The number of rotatable bonds is 6. The summed E-state index contributed by atoms with van der Waals surface area (Å²) in [7, 11) is 0. The van der Waals surface area contributed by atoms with E-state index < -0.39 is 25.1 Å². The largest absolute Gasteiger partial charge is 0.328 e. The molecule has 0 N–H and O–H groups in total. The number of benzene rings is 7. The molecule has 1 aliphatic carbocycles. The molecule has 0 atom stereocenters. The van der Waals surface area contributed by atoms with E-state index >= 15 is 0 Å². The van der Waals surface area contributed by atoms with Crippen LogP contribution in [0.5, 0.6) is 0 Å². The van der Waals surface area contributed by atoms with E-state index in [1.54, 1.807) is 12.1 Å². The minimum atomic E-state index is -2.89. The number of aromatic nitrogens is 4. The maximum absolute atomic E-state index is 13.2. The Balaban J connectivity index is 1.11. The summed E-state index contributed by atoms with van der Waals surface area (Å²) in [4.78, 5) is 23.4. The number of hydrogen-bond acceptors (Lipinski definition) is 3. The predicted molar refractivity (Wildman–Crippen MR) is 223 cm³/mol. The van der Waals surface area contributed by atoms with Gasteiger partial charge in [0.05, 0.1) is 27.8 Å². The van der Waals surface area contributed by atoms with Crippen LogP contribution in [0, 0.1) is 0 Å². The molecule has 0 fully saturated rings. The molecule has 1 aliphatic rings. The van der Waals surface area contributed by atoms with E-state index in [0.717, 1.165) is 27.9 Å². The molecule has 0 spiro atoms. The first kappa shape index (κ1) is 26.6. The molecular formula is C50H36N4O. The van der Waals surface area contributed by atoms with Crippen LogP contribution in [0.15, 0.2) is 187 Å². The minimum Gasteiger partial charge on any atom is -0.295 e. The molecule has 0 bridgehead atoms. The Bertz CT molecular complexity index is 3140. The first-order valence-electron chi connectivity index (χ1n) is 21.1. The summed E-state index contributed by atoms with van der Waals surface area (Å²) in [6.07, 6.45) is 0. The Morgan fingerprint density at radius 2 is 1.00 bits per heavy atom. The average molecular weight is 715 g/mol. The van der Waals surface area contributed by atoms with Crippen molar-refractivity contribution in [3.8, 4) is 56.2 Å². The van der Waals surface area contributed by atoms with Crippen LogP contribution in [0.1, 0.15) is 30.5 Å². The van der Waals surface area contributed by atoms with Crippen LogP contribution in [0.2, 0.25) is 0 Å². The van der Waals surface area contributed by atoms with Crippen LogP contribution in [0.3, 0.4) is 0 Å². The van der Waals surface area contributed by atoms with Crippen molar-refractivity contribution >= 4 is 11.0 Å². The van der Waals surface area contributed by atoms with Crippen LogP contribution >= 0.6 is 0 Å². The van der Waals surface area contributed by atoms with E-state index in [4.69, 9.17) is 18.2 Å². The van der Waals surface area contributed by atoms with E-state index in [1.165, 1.54) is 39.4 Å². The lowest BCUT2D eigenvalue weighted by molar-refractivity contribution is 0.768. The molecule has 5 nitrogen and oxygen atoms in total. The maximum Gasteiger partial charge on any atom is 0.328 e. The van der Waals surface area contributed by atoms with Crippen molar-refractivity contribution in [3.63, 3.8) is 0 Å². The second kappa shape index (κ2) is 12.8. The van der Waals surface area contributed by atoms with Crippen molar-refractivity contribution in [1.29, 1.82) is 0 Å². The second-order valence-corrected chi connectivity index (χ2v) is 13.9. The minimum absolute atomic E-state index is 0.0108. The Labute approximate surface area is 327 Å². The molecule has 0 radical (unpaired) electrons. The third-order valence-corrected chi connectivity index (χ3v) is 10.9. The highest BCUT2D eigenvalue weighted by atomic mass is 16.1. The van der Waals surface area contributed by atoms with Gasteiger partial charge >= 0.3 is 5.69 Å².